The summed E-state index contributed by atoms with van der Waals surface area (Å²) < 4.78 is 15.1. The Bertz CT molecular complexity index is 1280. The van der Waals surface area contributed by atoms with E-state index >= 15 is 0 Å². The Balaban J connectivity index is 1.44. The molecule has 0 unspecified atom stereocenters. The van der Waals surface area contributed by atoms with Crippen LogP contribution in [0.1, 0.15) is 55.5 Å². The summed E-state index contributed by atoms with van der Waals surface area (Å²) in [5.74, 6) is -0.0185. The molecular formula is C27H29FN6O2. The molecule has 0 radical (unpaired) electrons. The number of amidine groups is 1. The first kappa shape index (κ1) is 23.8. The van der Waals surface area contributed by atoms with Crippen molar-refractivity contribution in [3.05, 3.63) is 72.1 Å². The first-order valence-electron chi connectivity index (χ1n) is 12.3. The highest BCUT2D eigenvalue weighted by Gasteiger charge is 2.36. The number of benzene rings is 2. The fraction of sp³-hybridized carbons (Fsp3) is 0.370. The molecular weight excluding hydrogens is 459 g/mol. The molecule has 1 aromatic heterocycles. The molecule has 3 aromatic rings. The van der Waals surface area contributed by atoms with Crippen LogP contribution >= 0.6 is 0 Å². The Morgan fingerprint density at radius 3 is 2.50 bits per heavy atom. The molecule has 9 heteroatoms. The maximum Gasteiger partial charge on any atom is 0.278 e. The summed E-state index contributed by atoms with van der Waals surface area (Å²) in [6.07, 6.45) is 6.83. The summed E-state index contributed by atoms with van der Waals surface area (Å²) in [6.45, 7) is 3.94. The SMILES string of the molecule is CC(C)NC(=O)C1CCC(N2C(=NC(=O)c3ccc(F)cc3)Cc3ccc(-n4cncn4)cc32)CC1. The minimum Gasteiger partial charge on any atom is -0.354 e. The second kappa shape index (κ2) is 10.0. The van der Waals surface area contributed by atoms with Crippen LogP contribution in [0.3, 0.4) is 0 Å². The van der Waals surface area contributed by atoms with Gasteiger partial charge in [0.05, 0.1) is 5.69 Å². The molecule has 2 heterocycles. The van der Waals surface area contributed by atoms with Gasteiger partial charge in [-0.1, -0.05) is 6.07 Å². The van der Waals surface area contributed by atoms with Gasteiger partial charge >= 0.3 is 0 Å². The molecule has 1 N–H and O–H groups in total. The zero-order valence-corrected chi connectivity index (χ0v) is 20.4. The molecule has 1 aliphatic heterocycles. The maximum absolute atomic E-state index is 13.4. The fourth-order valence-electron chi connectivity index (χ4n) is 5.08. The third kappa shape index (κ3) is 4.91. The highest BCUT2D eigenvalue weighted by atomic mass is 19.1. The van der Waals surface area contributed by atoms with E-state index in [0.29, 0.717) is 17.8 Å². The van der Waals surface area contributed by atoms with Crippen molar-refractivity contribution in [2.45, 2.75) is 58.0 Å². The number of carbonyl (C=O) groups is 2. The van der Waals surface area contributed by atoms with E-state index in [4.69, 9.17) is 0 Å². The maximum atomic E-state index is 13.4. The lowest BCUT2D eigenvalue weighted by atomic mass is 9.84. The number of hydrogen-bond donors (Lipinski definition) is 1. The van der Waals surface area contributed by atoms with E-state index in [-0.39, 0.29) is 23.9 Å². The summed E-state index contributed by atoms with van der Waals surface area (Å²) in [6, 6.07) is 11.7. The van der Waals surface area contributed by atoms with Crippen LogP contribution in [0.25, 0.3) is 5.69 Å². The molecule has 0 atom stereocenters. The van der Waals surface area contributed by atoms with E-state index in [0.717, 1.165) is 42.6 Å². The van der Waals surface area contributed by atoms with Crippen molar-refractivity contribution in [2.75, 3.05) is 4.90 Å². The number of rotatable bonds is 5. The van der Waals surface area contributed by atoms with Crippen molar-refractivity contribution >= 4 is 23.3 Å². The third-order valence-electron chi connectivity index (χ3n) is 6.82. The van der Waals surface area contributed by atoms with Gasteiger partial charge in [-0.05, 0) is 81.5 Å². The Morgan fingerprint density at radius 2 is 1.83 bits per heavy atom. The molecule has 186 valence electrons. The zero-order valence-electron chi connectivity index (χ0n) is 20.4. The van der Waals surface area contributed by atoms with E-state index < -0.39 is 11.7 Å². The second-order valence-electron chi connectivity index (χ2n) is 9.71. The van der Waals surface area contributed by atoms with Crippen molar-refractivity contribution in [1.82, 2.24) is 20.1 Å². The lowest BCUT2D eigenvalue weighted by Crippen LogP contribution is -2.44. The Kier molecular flexibility index (Phi) is 6.63. The van der Waals surface area contributed by atoms with E-state index in [9.17, 15) is 14.0 Å². The average Bonchev–Trinajstić information content (AvgIpc) is 3.52. The minimum absolute atomic E-state index is 0.00607. The van der Waals surface area contributed by atoms with Gasteiger partial charge in [0, 0.05) is 35.7 Å². The topological polar surface area (TPSA) is 92.5 Å². The fourth-order valence-corrected chi connectivity index (χ4v) is 5.08. The van der Waals surface area contributed by atoms with Gasteiger partial charge in [-0.3, -0.25) is 9.59 Å². The number of nitrogens with zero attached hydrogens (tertiary/aromatic N) is 5. The minimum atomic E-state index is -0.399. The Labute approximate surface area is 209 Å². The van der Waals surface area contributed by atoms with E-state index in [1.807, 2.05) is 32.0 Å². The number of anilines is 1. The smallest absolute Gasteiger partial charge is 0.278 e. The van der Waals surface area contributed by atoms with Gasteiger partial charge in [0.1, 0.15) is 24.3 Å². The molecule has 0 bridgehead atoms. The first-order chi connectivity index (χ1) is 17.4. The van der Waals surface area contributed by atoms with Crippen LogP contribution in [-0.4, -0.2) is 44.5 Å². The van der Waals surface area contributed by atoms with Crippen LogP contribution in [0, 0.1) is 11.7 Å². The quantitative estimate of drug-likeness (QED) is 0.584. The van der Waals surface area contributed by atoms with Crippen molar-refractivity contribution < 1.29 is 14.0 Å². The van der Waals surface area contributed by atoms with Crippen LogP contribution < -0.4 is 10.2 Å². The molecule has 36 heavy (non-hydrogen) atoms. The van der Waals surface area contributed by atoms with Crippen LogP contribution in [0.15, 0.2) is 60.1 Å². The van der Waals surface area contributed by atoms with Crippen molar-refractivity contribution in [1.29, 1.82) is 0 Å². The van der Waals surface area contributed by atoms with Gasteiger partial charge in [0.2, 0.25) is 5.91 Å². The van der Waals surface area contributed by atoms with Gasteiger partial charge < -0.3 is 10.2 Å². The molecule has 0 spiro atoms. The molecule has 1 fully saturated rings. The second-order valence-corrected chi connectivity index (χ2v) is 9.71. The summed E-state index contributed by atoms with van der Waals surface area (Å²) >= 11 is 0. The average molecular weight is 489 g/mol. The molecule has 2 aliphatic rings. The van der Waals surface area contributed by atoms with Crippen molar-refractivity contribution in [3.63, 3.8) is 0 Å². The standard InChI is InChI=1S/C27H29FN6O2/c1-17(2)31-26(35)19-5-10-22(11-6-19)34-24-14-23(33-16-29-15-30-33)12-7-20(24)13-25(34)32-27(36)18-3-8-21(28)9-4-18/h3-4,7-9,12,14-17,19,22H,5-6,10-11,13H2,1-2H3,(H,31,35). The van der Waals surface area contributed by atoms with E-state index in [1.165, 1.54) is 30.6 Å². The number of fused-ring (bicyclic) bond motifs is 1. The third-order valence-corrected chi connectivity index (χ3v) is 6.82. The molecule has 8 nitrogen and oxygen atoms in total. The number of halogens is 1. The van der Waals surface area contributed by atoms with Crippen LogP contribution in [0.2, 0.25) is 0 Å². The largest absolute Gasteiger partial charge is 0.354 e. The van der Waals surface area contributed by atoms with Gasteiger partial charge in [-0.25, -0.2) is 14.1 Å². The predicted molar refractivity (Wildman–Crippen MR) is 135 cm³/mol. The van der Waals surface area contributed by atoms with E-state index in [2.05, 4.69) is 25.3 Å². The summed E-state index contributed by atoms with van der Waals surface area (Å²) in [5, 5.41) is 7.27. The van der Waals surface area contributed by atoms with Gasteiger partial charge in [-0.15, -0.1) is 0 Å². The number of carbonyl (C=O) groups excluding carboxylic acids is 2. The zero-order chi connectivity index (χ0) is 25.2. The normalized spacial score (nSPS) is 20.6. The molecule has 0 saturated heterocycles. The van der Waals surface area contributed by atoms with Crippen LogP contribution in [0.4, 0.5) is 10.1 Å². The summed E-state index contributed by atoms with van der Waals surface area (Å²) in [5.41, 5.74) is 3.28. The number of nitrogens with one attached hydrogen (secondary N) is 1. The highest BCUT2D eigenvalue weighted by molar-refractivity contribution is 6.13. The number of aromatic nitrogens is 3. The number of aliphatic imine (C=N–C) groups is 1. The first-order valence-corrected chi connectivity index (χ1v) is 12.3. The monoisotopic (exact) mass is 488 g/mol. The molecule has 5 rings (SSSR count). The lowest BCUT2D eigenvalue weighted by Gasteiger charge is -2.36. The van der Waals surface area contributed by atoms with E-state index in [1.54, 1.807) is 11.0 Å². The van der Waals surface area contributed by atoms with Gasteiger partial charge in [0.25, 0.3) is 5.91 Å². The number of hydrogen-bond acceptors (Lipinski definition) is 4. The number of amides is 2. The molecule has 1 saturated carbocycles. The summed E-state index contributed by atoms with van der Waals surface area (Å²) in [4.78, 5) is 36.2. The molecule has 2 aromatic carbocycles. The Hall–Kier alpha value is -3.88. The Morgan fingerprint density at radius 1 is 1.08 bits per heavy atom. The van der Waals surface area contributed by atoms with Crippen LogP contribution in [-0.2, 0) is 11.2 Å². The summed E-state index contributed by atoms with van der Waals surface area (Å²) in [7, 11) is 0. The van der Waals surface area contributed by atoms with Crippen molar-refractivity contribution in [2.24, 2.45) is 10.9 Å². The van der Waals surface area contributed by atoms with Gasteiger partial charge in [-0.2, -0.15) is 10.1 Å². The highest BCUT2D eigenvalue weighted by Crippen LogP contribution is 2.38. The van der Waals surface area contributed by atoms with Crippen LogP contribution in [0.5, 0.6) is 0 Å². The van der Waals surface area contributed by atoms with Crippen molar-refractivity contribution in [3.8, 4) is 5.69 Å². The molecule has 2 amide bonds. The predicted octanol–water partition coefficient (Wildman–Crippen LogP) is 4.09. The molecule has 1 aliphatic carbocycles. The van der Waals surface area contributed by atoms with Gasteiger partial charge in [0.15, 0.2) is 0 Å². The lowest BCUT2D eigenvalue weighted by molar-refractivity contribution is -0.126.